The number of nitrogens with zero attached hydrogens (tertiary/aromatic N) is 6. The first-order valence-corrected chi connectivity index (χ1v) is 16.8. The van der Waals surface area contributed by atoms with Gasteiger partial charge < -0.3 is 19.2 Å². The van der Waals surface area contributed by atoms with E-state index in [1.807, 2.05) is 37.3 Å². The third-order valence-corrected chi connectivity index (χ3v) is 9.38. The molecule has 258 valence electrons. The predicted octanol–water partition coefficient (Wildman–Crippen LogP) is 4.76. The summed E-state index contributed by atoms with van der Waals surface area (Å²) in [6.45, 7) is 2.90. The van der Waals surface area contributed by atoms with Crippen molar-refractivity contribution in [3.63, 3.8) is 0 Å². The number of hydrogen-bond acceptors (Lipinski definition) is 9. The van der Waals surface area contributed by atoms with Crippen LogP contribution in [0.25, 0.3) is 33.3 Å². The van der Waals surface area contributed by atoms with E-state index in [9.17, 15) is 19.2 Å². The summed E-state index contributed by atoms with van der Waals surface area (Å²) in [6, 6.07) is 16.3. The van der Waals surface area contributed by atoms with Crippen molar-refractivity contribution in [2.24, 2.45) is 7.05 Å². The lowest BCUT2D eigenvalue weighted by atomic mass is 10.0. The van der Waals surface area contributed by atoms with Crippen LogP contribution in [0, 0.1) is 18.8 Å². The number of furan rings is 1. The summed E-state index contributed by atoms with van der Waals surface area (Å²) in [5.74, 6) is 5.71. The van der Waals surface area contributed by atoms with Crippen LogP contribution in [0.5, 0.6) is 0 Å². The van der Waals surface area contributed by atoms with Gasteiger partial charge in [0.1, 0.15) is 17.5 Å². The van der Waals surface area contributed by atoms with Gasteiger partial charge in [0.05, 0.1) is 46.6 Å². The molecule has 0 saturated carbocycles. The lowest BCUT2D eigenvalue weighted by molar-refractivity contribution is -0.120. The Morgan fingerprint density at radius 2 is 1.85 bits per heavy atom. The van der Waals surface area contributed by atoms with Crippen molar-refractivity contribution in [1.82, 2.24) is 30.2 Å². The van der Waals surface area contributed by atoms with Gasteiger partial charge in [-0.25, -0.2) is 14.8 Å². The zero-order valence-electron chi connectivity index (χ0n) is 28.4. The van der Waals surface area contributed by atoms with Crippen LogP contribution in [0.3, 0.4) is 0 Å². The molecular formula is C39H32N8O5. The third-order valence-electron chi connectivity index (χ3n) is 9.38. The molecule has 0 radical (unpaired) electrons. The summed E-state index contributed by atoms with van der Waals surface area (Å²) < 4.78 is 7.31. The van der Waals surface area contributed by atoms with Crippen molar-refractivity contribution in [3.8, 4) is 23.2 Å². The van der Waals surface area contributed by atoms with E-state index >= 15 is 0 Å². The number of rotatable bonds is 5. The van der Waals surface area contributed by atoms with E-state index in [-0.39, 0.29) is 36.7 Å². The molecule has 8 rings (SSSR count). The predicted molar refractivity (Wildman–Crippen MR) is 195 cm³/mol. The molecule has 2 aliphatic rings. The van der Waals surface area contributed by atoms with Gasteiger partial charge in [-0.3, -0.25) is 29.6 Å². The molecule has 4 aromatic heterocycles. The second kappa shape index (κ2) is 13.1. The van der Waals surface area contributed by atoms with Crippen LogP contribution in [-0.4, -0.2) is 57.0 Å². The van der Waals surface area contributed by atoms with E-state index in [2.05, 4.69) is 32.4 Å². The van der Waals surface area contributed by atoms with Crippen LogP contribution in [0.1, 0.15) is 40.2 Å². The molecule has 1 fully saturated rings. The highest BCUT2D eigenvalue weighted by Gasteiger charge is 2.27. The molecule has 0 aliphatic carbocycles. The number of pyridine rings is 2. The van der Waals surface area contributed by atoms with Gasteiger partial charge in [-0.15, -0.1) is 0 Å². The summed E-state index contributed by atoms with van der Waals surface area (Å²) >= 11 is 0. The molecule has 4 amide bonds. The lowest BCUT2D eigenvalue weighted by Gasteiger charge is -2.31. The average Bonchev–Trinajstić information content (AvgIpc) is 3.58. The number of fused-ring (bicyclic) bond motifs is 3. The maximum atomic E-state index is 13.4. The maximum absolute atomic E-state index is 13.4. The molecule has 6 aromatic rings. The van der Waals surface area contributed by atoms with Gasteiger partial charge in [-0.2, -0.15) is 0 Å². The van der Waals surface area contributed by atoms with E-state index in [1.54, 1.807) is 48.3 Å². The van der Waals surface area contributed by atoms with Crippen molar-refractivity contribution in [2.45, 2.75) is 26.2 Å². The fourth-order valence-electron chi connectivity index (χ4n) is 6.81. The minimum absolute atomic E-state index is 0.0204. The van der Waals surface area contributed by atoms with Crippen LogP contribution in [0.4, 0.5) is 21.9 Å². The topological polar surface area (TPSA) is 156 Å². The average molecular weight is 693 g/mol. The molecular weight excluding hydrogens is 660 g/mol. The number of imide groups is 1. The first-order valence-electron chi connectivity index (χ1n) is 16.8. The lowest BCUT2D eigenvalue weighted by Crippen LogP contribution is -2.49. The van der Waals surface area contributed by atoms with Crippen LogP contribution in [0.15, 0.2) is 82.5 Å². The number of hydrogen-bond donors (Lipinski definition) is 2. The largest absolute Gasteiger partial charge is 0.462 e. The summed E-state index contributed by atoms with van der Waals surface area (Å²) in [4.78, 5) is 67.7. The van der Waals surface area contributed by atoms with Crippen molar-refractivity contribution >= 4 is 56.8 Å². The van der Waals surface area contributed by atoms with Crippen LogP contribution < -0.4 is 26.0 Å². The number of anilines is 3. The summed E-state index contributed by atoms with van der Waals surface area (Å²) in [5.41, 5.74) is 6.71. The molecule has 2 N–H and O–H groups in total. The van der Waals surface area contributed by atoms with Crippen molar-refractivity contribution in [2.75, 3.05) is 29.4 Å². The molecule has 13 nitrogen and oxygen atoms in total. The normalized spacial score (nSPS) is 14.2. The van der Waals surface area contributed by atoms with Gasteiger partial charge in [0.2, 0.25) is 5.91 Å². The van der Waals surface area contributed by atoms with Gasteiger partial charge in [-0.05, 0) is 68.3 Å². The van der Waals surface area contributed by atoms with E-state index in [0.717, 1.165) is 47.4 Å². The molecule has 52 heavy (non-hydrogen) atoms. The Labute approximate surface area is 297 Å². The summed E-state index contributed by atoms with van der Waals surface area (Å²) in [7, 11) is 1.79. The standard InChI is InChI=1S/C39H32N8O5/c1-23-19-26-29(45(2)38(23)50)10-3-11-30(26)46-17-6-9-28-31(46)21-42-36(43-28)25-8-5-15-40-35(25)37(49)41-16-4-7-24-12-13-33-27(20-24)32(22-52-33)47-18-14-34(48)44-39(47)51/h3,5,8,10-13,15,19-22H,6,9,14,16-18H2,1-2H3,(H,41,49)(H,44,48,51). The van der Waals surface area contributed by atoms with Crippen molar-refractivity contribution < 1.29 is 18.8 Å². The number of amides is 4. The zero-order chi connectivity index (χ0) is 35.9. The quantitative estimate of drug-likeness (QED) is 0.244. The van der Waals surface area contributed by atoms with Gasteiger partial charge in [0.15, 0.2) is 5.82 Å². The van der Waals surface area contributed by atoms with Crippen molar-refractivity contribution in [3.05, 3.63) is 106 Å². The molecule has 0 atom stereocenters. The van der Waals surface area contributed by atoms with Crippen LogP contribution in [0.2, 0.25) is 0 Å². The van der Waals surface area contributed by atoms with E-state index in [1.165, 1.54) is 11.2 Å². The fraction of sp³-hybridized carbons (Fsp3) is 0.205. The molecule has 6 heterocycles. The monoisotopic (exact) mass is 692 g/mol. The second-order valence-corrected chi connectivity index (χ2v) is 12.7. The van der Waals surface area contributed by atoms with E-state index in [4.69, 9.17) is 14.4 Å². The molecule has 0 unspecified atom stereocenters. The SMILES string of the molecule is Cc1cc2c(N3CCCc4nc(-c5cccnc5C(=O)NCC#Cc5ccc6occ(N7CCC(=O)NC7=O)c6c5)ncc43)cccc2n(C)c1=O. The van der Waals surface area contributed by atoms with Gasteiger partial charge in [0.25, 0.3) is 11.5 Å². The Morgan fingerprint density at radius 3 is 2.71 bits per heavy atom. The molecule has 2 aromatic carbocycles. The van der Waals surface area contributed by atoms with Gasteiger partial charge in [0, 0.05) is 54.7 Å². The zero-order valence-corrected chi connectivity index (χ0v) is 28.4. The van der Waals surface area contributed by atoms with E-state index < -0.39 is 11.9 Å². The Hall–Kier alpha value is -6.81. The Kier molecular flexibility index (Phi) is 8.19. The minimum Gasteiger partial charge on any atom is -0.462 e. The Morgan fingerprint density at radius 1 is 0.962 bits per heavy atom. The number of carbonyl (C=O) groups excluding carboxylic acids is 3. The maximum Gasteiger partial charge on any atom is 0.328 e. The number of nitrogens with one attached hydrogen (secondary N) is 2. The number of aromatic nitrogens is 4. The second-order valence-electron chi connectivity index (χ2n) is 12.7. The highest BCUT2D eigenvalue weighted by molar-refractivity contribution is 6.09. The first kappa shape index (κ1) is 32.4. The van der Waals surface area contributed by atoms with Crippen LogP contribution >= 0.6 is 0 Å². The van der Waals surface area contributed by atoms with E-state index in [0.29, 0.717) is 39.2 Å². The number of aryl methyl sites for hydroxylation is 3. The van der Waals surface area contributed by atoms with Gasteiger partial charge in [-0.1, -0.05) is 17.9 Å². The Balaban J connectivity index is 1.01. The smallest absolute Gasteiger partial charge is 0.328 e. The number of benzene rings is 2. The molecule has 13 heteroatoms. The summed E-state index contributed by atoms with van der Waals surface area (Å²) in [5, 5.41) is 6.82. The molecule has 2 aliphatic heterocycles. The number of carbonyl (C=O) groups is 3. The van der Waals surface area contributed by atoms with Crippen molar-refractivity contribution in [1.29, 1.82) is 0 Å². The first-order chi connectivity index (χ1) is 25.3. The third kappa shape index (κ3) is 5.79. The highest BCUT2D eigenvalue weighted by Crippen LogP contribution is 2.37. The molecule has 0 spiro atoms. The van der Waals surface area contributed by atoms with Crippen LogP contribution in [-0.2, 0) is 18.3 Å². The van der Waals surface area contributed by atoms with Gasteiger partial charge >= 0.3 is 6.03 Å². The minimum atomic E-state index is -0.499. The highest BCUT2D eigenvalue weighted by atomic mass is 16.3. The number of urea groups is 1. The summed E-state index contributed by atoms with van der Waals surface area (Å²) in [6.07, 6.45) is 6.65. The molecule has 1 saturated heterocycles. The Bertz CT molecular complexity index is 2580. The molecule has 0 bridgehead atoms. The fourth-order valence-corrected chi connectivity index (χ4v) is 6.81.